The van der Waals surface area contributed by atoms with Crippen LogP contribution in [0.4, 0.5) is 0 Å². The summed E-state index contributed by atoms with van der Waals surface area (Å²) < 4.78 is 3.25. The number of carbonyl (C=O) groups excluding carboxylic acids is 1. The number of amides is 1. The van der Waals surface area contributed by atoms with Crippen molar-refractivity contribution in [3.63, 3.8) is 0 Å². The molecule has 1 aliphatic rings. The average molecular weight is 475 g/mol. The molecule has 0 aliphatic heterocycles. The summed E-state index contributed by atoms with van der Waals surface area (Å²) in [6, 6.07) is 13.9. The highest BCUT2D eigenvalue weighted by Gasteiger charge is 2.25. The molecule has 0 atom stereocenters. The molecule has 2 aromatic carbocycles. The van der Waals surface area contributed by atoms with Gasteiger partial charge in [0.25, 0.3) is 5.91 Å². The van der Waals surface area contributed by atoms with Gasteiger partial charge in [-0.05, 0) is 55.7 Å². The van der Waals surface area contributed by atoms with Crippen LogP contribution in [-0.2, 0) is 6.54 Å². The Morgan fingerprint density at radius 2 is 2.03 bits per heavy atom. The van der Waals surface area contributed by atoms with Gasteiger partial charge in [-0.15, -0.1) is 0 Å². The molecule has 1 fully saturated rings. The molecule has 1 heterocycles. The summed E-state index contributed by atoms with van der Waals surface area (Å²) in [5, 5.41) is 0.721. The van der Waals surface area contributed by atoms with Crippen molar-refractivity contribution in [3.8, 4) is 0 Å². The molecular formula is C23H25BrClN3O. The summed E-state index contributed by atoms with van der Waals surface area (Å²) in [6.45, 7) is 3.29. The summed E-state index contributed by atoms with van der Waals surface area (Å²) >= 11 is 9.77. The van der Waals surface area contributed by atoms with Crippen molar-refractivity contribution in [1.82, 2.24) is 14.5 Å². The smallest absolute Gasteiger partial charge is 0.254 e. The zero-order valence-electron chi connectivity index (χ0n) is 16.6. The van der Waals surface area contributed by atoms with E-state index in [1.54, 1.807) is 0 Å². The van der Waals surface area contributed by atoms with Gasteiger partial charge >= 0.3 is 0 Å². The highest BCUT2D eigenvalue weighted by atomic mass is 79.9. The van der Waals surface area contributed by atoms with E-state index in [1.807, 2.05) is 47.4 Å². The van der Waals surface area contributed by atoms with Gasteiger partial charge in [0.1, 0.15) is 5.82 Å². The van der Waals surface area contributed by atoms with E-state index in [2.05, 4.69) is 27.4 Å². The fourth-order valence-electron chi connectivity index (χ4n) is 4.29. The number of carbonyl (C=O) groups is 1. The Morgan fingerprint density at radius 3 is 2.76 bits per heavy atom. The van der Waals surface area contributed by atoms with Crippen LogP contribution in [0.15, 0.2) is 46.9 Å². The van der Waals surface area contributed by atoms with Gasteiger partial charge in [-0.3, -0.25) is 4.79 Å². The summed E-state index contributed by atoms with van der Waals surface area (Å²) in [7, 11) is 0. The Labute approximate surface area is 185 Å². The molecule has 0 spiro atoms. The fourth-order valence-corrected chi connectivity index (χ4v) is 4.86. The Bertz CT molecular complexity index is 1030. The number of rotatable bonds is 6. The first kappa shape index (κ1) is 20.4. The minimum atomic E-state index is 0.0382. The molecule has 1 aromatic heterocycles. The third-order valence-corrected chi connectivity index (χ3v) is 6.33. The number of hydrogen-bond acceptors (Lipinski definition) is 2. The van der Waals surface area contributed by atoms with Crippen LogP contribution in [0.3, 0.4) is 0 Å². The van der Waals surface area contributed by atoms with Gasteiger partial charge < -0.3 is 9.47 Å². The summed E-state index contributed by atoms with van der Waals surface area (Å²) in [4.78, 5) is 20.1. The predicted octanol–water partition coefficient (Wildman–Crippen LogP) is 6.62. The second kappa shape index (κ2) is 8.88. The van der Waals surface area contributed by atoms with Crippen molar-refractivity contribution >= 4 is 44.5 Å². The molecule has 0 N–H and O–H groups in total. The fraction of sp³-hybridized carbons (Fsp3) is 0.391. The number of halogens is 2. The number of hydrogen-bond donors (Lipinski definition) is 0. The Morgan fingerprint density at radius 1 is 1.24 bits per heavy atom. The minimum absolute atomic E-state index is 0.0382. The van der Waals surface area contributed by atoms with Crippen LogP contribution in [0.5, 0.6) is 0 Å². The molecule has 0 bridgehead atoms. The normalized spacial score (nSPS) is 14.6. The van der Waals surface area contributed by atoms with Gasteiger partial charge in [-0.1, -0.05) is 53.4 Å². The number of nitrogens with zero attached hydrogens (tertiary/aromatic N) is 3. The Kier molecular flexibility index (Phi) is 6.26. The van der Waals surface area contributed by atoms with Crippen LogP contribution >= 0.6 is 27.5 Å². The monoisotopic (exact) mass is 473 g/mol. The van der Waals surface area contributed by atoms with Crippen molar-refractivity contribution in [2.45, 2.75) is 51.6 Å². The van der Waals surface area contributed by atoms with E-state index < -0.39 is 0 Å². The first-order valence-electron chi connectivity index (χ1n) is 10.3. The molecule has 29 heavy (non-hydrogen) atoms. The Hall–Kier alpha value is -1.85. The molecule has 0 radical (unpaired) electrons. The van der Waals surface area contributed by atoms with Crippen molar-refractivity contribution in [2.75, 3.05) is 6.54 Å². The Balaban J connectivity index is 1.72. The molecule has 6 heteroatoms. The van der Waals surface area contributed by atoms with Gasteiger partial charge in [0.05, 0.1) is 17.6 Å². The second-order valence-corrected chi connectivity index (χ2v) is 9.06. The molecule has 1 aliphatic carbocycles. The van der Waals surface area contributed by atoms with Crippen LogP contribution < -0.4 is 0 Å². The molecule has 1 amide bonds. The zero-order chi connectivity index (χ0) is 20.4. The van der Waals surface area contributed by atoms with Crippen LogP contribution in [0.2, 0.25) is 5.02 Å². The maximum Gasteiger partial charge on any atom is 0.254 e. The first-order chi connectivity index (χ1) is 14.1. The number of benzene rings is 2. The van der Waals surface area contributed by atoms with E-state index in [0.717, 1.165) is 45.6 Å². The lowest BCUT2D eigenvalue weighted by molar-refractivity contribution is 0.0736. The maximum atomic E-state index is 13.2. The third kappa shape index (κ3) is 4.36. The van der Waals surface area contributed by atoms with Gasteiger partial charge in [0.15, 0.2) is 0 Å². The highest BCUT2D eigenvalue weighted by molar-refractivity contribution is 9.10. The molecular weight excluding hydrogens is 450 g/mol. The second-order valence-electron chi connectivity index (χ2n) is 7.71. The van der Waals surface area contributed by atoms with E-state index in [0.29, 0.717) is 24.7 Å². The maximum absolute atomic E-state index is 13.2. The first-order valence-corrected chi connectivity index (χ1v) is 11.4. The topological polar surface area (TPSA) is 38.1 Å². The quantitative estimate of drug-likeness (QED) is 0.402. The lowest BCUT2D eigenvalue weighted by atomic mass is 10.2. The lowest BCUT2D eigenvalue weighted by Gasteiger charge is -2.24. The summed E-state index contributed by atoms with van der Waals surface area (Å²) in [5.41, 5.74) is 2.72. The van der Waals surface area contributed by atoms with E-state index in [-0.39, 0.29) is 5.91 Å². The van der Waals surface area contributed by atoms with Crippen molar-refractivity contribution in [2.24, 2.45) is 0 Å². The molecule has 152 valence electrons. The van der Waals surface area contributed by atoms with Crippen molar-refractivity contribution in [1.29, 1.82) is 0 Å². The van der Waals surface area contributed by atoms with Crippen molar-refractivity contribution in [3.05, 3.63) is 63.3 Å². The predicted molar refractivity (Wildman–Crippen MR) is 121 cm³/mol. The van der Waals surface area contributed by atoms with Crippen molar-refractivity contribution < 1.29 is 4.79 Å². The lowest BCUT2D eigenvalue weighted by Crippen LogP contribution is -2.32. The molecule has 1 saturated carbocycles. The average Bonchev–Trinajstić information content (AvgIpc) is 3.34. The SMILES string of the molecule is CCCN(Cc1nc2ccc(Cl)cc2n1C1CCCC1)C(=O)c1cccc(Br)c1. The number of imidazole rings is 1. The highest BCUT2D eigenvalue weighted by Crippen LogP contribution is 2.35. The van der Waals surface area contributed by atoms with E-state index in [4.69, 9.17) is 16.6 Å². The van der Waals surface area contributed by atoms with E-state index in [1.165, 1.54) is 12.8 Å². The summed E-state index contributed by atoms with van der Waals surface area (Å²) in [5.74, 6) is 0.988. The van der Waals surface area contributed by atoms with E-state index in [9.17, 15) is 4.79 Å². The van der Waals surface area contributed by atoms with Crippen LogP contribution in [0.25, 0.3) is 11.0 Å². The molecule has 4 rings (SSSR count). The largest absolute Gasteiger partial charge is 0.331 e. The van der Waals surface area contributed by atoms with Gasteiger partial charge in [-0.25, -0.2) is 4.98 Å². The number of fused-ring (bicyclic) bond motifs is 1. The van der Waals surface area contributed by atoms with Gasteiger partial charge in [0, 0.05) is 27.6 Å². The third-order valence-electron chi connectivity index (χ3n) is 5.60. The van der Waals surface area contributed by atoms with E-state index >= 15 is 0 Å². The standard InChI is InChI=1S/C23H25BrClN3O/c1-2-12-27(23(29)16-6-5-7-17(24)13-16)15-22-26-20-11-10-18(25)14-21(20)28(22)19-8-3-4-9-19/h5-7,10-11,13-14,19H,2-4,8-9,12,15H2,1H3. The minimum Gasteiger partial charge on any atom is -0.331 e. The number of aromatic nitrogens is 2. The summed E-state index contributed by atoms with van der Waals surface area (Å²) in [6.07, 6.45) is 5.67. The van der Waals surface area contributed by atoms with Crippen LogP contribution in [-0.4, -0.2) is 26.9 Å². The van der Waals surface area contributed by atoms with Crippen LogP contribution in [0.1, 0.15) is 61.3 Å². The molecule has 3 aromatic rings. The zero-order valence-corrected chi connectivity index (χ0v) is 18.9. The molecule has 0 saturated heterocycles. The van der Waals surface area contributed by atoms with Gasteiger partial charge in [-0.2, -0.15) is 0 Å². The molecule has 0 unspecified atom stereocenters. The van der Waals surface area contributed by atoms with Gasteiger partial charge in [0.2, 0.25) is 0 Å². The molecule has 4 nitrogen and oxygen atoms in total. The van der Waals surface area contributed by atoms with Crippen LogP contribution in [0, 0.1) is 0 Å².